The number of ketones is 1. The molecule has 1 aliphatic carbocycles. The van der Waals surface area contributed by atoms with Gasteiger partial charge in [0, 0.05) is 28.7 Å². The Balaban J connectivity index is 1.22. The highest BCUT2D eigenvalue weighted by Gasteiger charge is 2.28. The van der Waals surface area contributed by atoms with Gasteiger partial charge in [0.1, 0.15) is 34.0 Å². The van der Waals surface area contributed by atoms with Crippen molar-refractivity contribution in [1.82, 2.24) is 4.90 Å². The summed E-state index contributed by atoms with van der Waals surface area (Å²) in [6.07, 6.45) is 5.32. The molecule has 5 nitrogen and oxygen atoms in total. The number of carbonyl (C=O) groups is 1. The van der Waals surface area contributed by atoms with Gasteiger partial charge in [-0.05, 0) is 105 Å². The number of carbonyl (C=O) groups excluding carboxylic acids is 1. The minimum Gasteiger partial charge on any atom is -0.508 e. The van der Waals surface area contributed by atoms with Gasteiger partial charge < -0.3 is 14.6 Å². The molecule has 39 heavy (non-hydrogen) atoms. The number of phenolic OH excluding ortho intramolecular Hbond substituents is 1. The number of ether oxygens (including phenoxy) is 2. The van der Waals surface area contributed by atoms with Crippen molar-refractivity contribution in [3.05, 3.63) is 82.0 Å². The van der Waals surface area contributed by atoms with E-state index in [4.69, 9.17) is 9.47 Å². The fourth-order valence-corrected chi connectivity index (χ4v) is 6.57. The average molecular weight is 546 g/mol. The molecule has 1 atom stereocenters. The summed E-state index contributed by atoms with van der Waals surface area (Å²) in [5.41, 5.74) is 1.61. The summed E-state index contributed by atoms with van der Waals surface area (Å²) in [7, 11) is 0. The summed E-state index contributed by atoms with van der Waals surface area (Å²) in [5.74, 6) is 2.27. The van der Waals surface area contributed by atoms with Crippen LogP contribution < -0.4 is 9.47 Å². The third kappa shape index (κ3) is 5.65. The molecule has 2 heterocycles. The summed E-state index contributed by atoms with van der Waals surface area (Å²) in [4.78, 5) is 16.7. The number of nitrogens with zero attached hydrogens (tertiary/aromatic N) is 1. The van der Waals surface area contributed by atoms with Gasteiger partial charge >= 0.3 is 0 Å². The van der Waals surface area contributed by atoms with Gasteiger partial charge in [-0.3, -0.25) is 9.69 Å². The Morgan fingerprint density at radius 3 is 2.46 bits per heavy atom. The molecule has 0 amide bonds. The fourth-order valence-electron chi connectivity index (χ4n) is 5.46. The van der Waals surface area contributed by atoms with Crippen LogP contribution in [0.15, 0.2) is 54.6 Å². The minimum absolute atomic E-state index is 0.114. The van der Waals surface area contributed by atoms with E-state index >= 15 is 0 Å². The van der Waals surface area contributed by atoms with Crippen LogP contribution in [0.1, 0.15) is 52.0 Å². The summed E-state index contributed by atoms with van der Waals surface area (Å²) in [6, 6.07) is 15.2. The van der Waals surface area contributed by atoms with Crippen LogP contribution in [0.4, 0.5) is 4.39 Å². The van der Waals surface area contributed by atoms with Crippen LogP contribution in [-0.4, -0.2) is 41.5 Å². The highest BCUT2D eigenvalue weighted by atomic mass is 32.1. The second-order valence-electron chi connectivity index (χ2n) is 10.8. The van der Waals surface area contributed by atoms with Crippen LogP contribution in [0.5, 0.6) is 23.0 Å². The van der Waals surface area contributed by atoms with Crippen LogP contribution in [0.25, 0.3) is 10.1 Å². The lowest BCUT2D eigenvalue weighted by Crippen LogP contribution is -2.26. The predicted molar refractivity (Wildman–Crippen MR) is 152 cm³/mol. The maximum atomic E-state index is 13.9. The standard InChI is InChI=1S/C32H32FNO4S/c1-19-15-22(33)16-20(2)29(19)30(36)32-31(27-10-5-23(35)17-28(27)39-32)38-25-8-6-24(7-9-25)37-26-12-14-34(18-26)13-11-21-3-4-21/h5-10,15-17,21,26,35H,3-4,11-14,18H2,1-2H3/t26-/m0/s1. The number of aromatic hydroxyl groups is 1. The number of thiophene rings is 1. The molecule has 0 spiro atoms. The highest BCUT2D eigenvalue weighted by molar-refractivity contribution is 7.21. The van der Waals surface area contributed by atoms with Gasteiger partial charge in [-0.2, -0.15) is 0 Å². The SMILES string of the molecule is Cc1cc(F)cc(C)c1C(=O)c1sc2cc(O)ccc2c1Oc1ccc(O[C@H]2CCN(CCC3CC3)C2)cc1. The average Bonchev–Trinajstić information content (AvgIpc) is 3.52. The molecule has 4 aromatic rings. The lowest BCUT2D eigenvalue weighted by Gasteiger charge is -2.17. The molecule has 2 fully saturated rings. The van der Waals surface area contributed by atoms with Crippen molar-refractivity contribution in [3.63, 3.8) is 0 Å². The summed E-state index contributed by atoms with van der Waals surface area (Å²) < 4.78 is 27.2. The first kappa shape index (κ1) is 25.8. The first-order chi connectivity index (χ1) is 18.8. The maximum absolute atomic E-state index is 13.9. The Bertz CT molecular complexity index is 1500. The number of benzene rings is 3. The molecular formula is C32H32FNO4S. The molecule has 3 aromatic carbocycles. The highest BCUT2D eigenvalue weighted by Crippen LogP contribution is 2.43. The Hall–Kier alpha value is -3.42. The van der Waals surface area contributed by atoms with E-state index in [1.54, 1.807) is 32.0 Å². The molecule has 6 rings (SSSR count). The first-order valence-corrected chi connectivity index (χ1v) is 14.4. The topological polar surface area (TPSA) is 59.0 Å². The Labute approximate surface area is 231 Å². The van der Waals surface area contributed by atoms with Gasteiger partial charge in [0.05, 0.1) is 0 Å². The summed E-state index contributed by atoms with van der Waals surface area (Å²) >= 11 is 1.26. The summed E-state index contributed by atoms with van der Waals surface area (Å²) in [5, 5.41) is 10.8. The lowest BCUT2D eigenvalue weighted by atomic mass is 9.97. The Morgan fingerprint density at radius 2 is 1.74 bits per heavy atom. The van der Waals surface area contributed by atoms with Crippen molar-refractivity contribution in [2.75, 3.05) is 19.6 Å². The van der Waals surface area contributed by atoms with Crippen molar-refractivity contribution in [2.45, 2.75) is 45.6 Å². The zero-order valence-electron chi connectivity index (χ0n) is 22.2. The molecule has 1 N–H and O–H groups in total. The van der Waals surface area contributed by atoms with Crippen LogP contribution in [0, 0.1) is 25.6 Å². The zero-order chi connectivity index (χ0) is 27.1. The van der Waals surface area contributed by atoms with Crippen LogP contribution in [-0.2, 0) is 0 Å². The molecule has 1 aromatic heterocycles. The predicted octanol–water partition coefficient (Wildman–Crippen LogP) is 7.64. The van der Waals surface area contributed by atoms with Crippen molar-refractivity contribution < 1.29 is 23.8 Å². The molecule has 0 bridgehead atoms. The maximum Gasteiger partial charge on any atom is 0.207 e. The van der Waals surface area contributed by atoms with Crippen molar-refractivity contribution in [3.8, 4) is 23.0 Å². The van der Waals surface area contributed by atoms with E-state index in [1.807, 2.05) is 24.3 Å². The molecular weight excluding hydrogens is 513 g/mol. The third-order valence-electron chi connectivity index (χ3n) is 7.68. The molecule has 1 saturated carbocycles. The second-order valence-corrected chi connectivity index (χ2v) is 11.9. The zero-order valence-corrected chi connectivity index (χ0v) is 23.0. The van der Waals surface area contributed by atoms with E-state index in [-0.39, 0.29) is 23.5 Å². The number of halogens is 1. The number of fused-ring (bicyclic) bond motifs is 1. The minimum atomic E-state index is -0.370. The largest absolute Gasteiger partial charge is 0.508 e. The quantitative estimate of drug-likeness (QED) is 0.219. The van der Waals surface area contributed by atoms with Gasteiger partial charge in [0.25, 0.3) is 0 Å². The fraction of sp³-hybridized carbons (Fsp3) is 0.344. The van der Waals surface area contributed by atoms with Crippen LogP contribution in [0.2, 0.25) is 0 Å². The Kier molecular flexibility index (Phi) is 7.04. The smallest absolute Gasteiger partial charge is 0.207 e. The van der Waals surface area contributed by atoms with Gasteiger partial charge in [0.2, 0.25) is 5.78 Å². The number of hydrogen-bond donors (Lipinski definition) is 1. The molecule has 0 radical (unpaired) electrons. The molecule has 1 saturated heterocycles. The van der Waals surface area contributed by atoms with E-state index in [2.05, 4.69) is 4.90 Å². The van der Waals surface area contributed by atoms with Crippen LogP contribution in [0.3, 0.4) is 0 Å². The van der Waals surface area contributed by atoms with Crippen molar-refractivity contribution in [2.24, 2.45) is 5.92 Å². The van der Waals surface area contributed by atoms with Crippen molar-refractivity contribution in [1.29, 1.82) is 0 Å². The van der Waals surface area contributed by atoms with Gasteiger partial charge in [-0.1, -0.05) is 12.8 Å². The third-order valence-corrected chi connectivity index (χ3v) is 8.82. The molecule has 202 valence electrons. The number of hydrogen-bond acceptors (Lipinski definition) is 6. The molecule has 1 aliphatic heterocycles. The van der Waals surface area contributed by atoms with E-state index in [1.165, 1.54) is 49.3 Å². The van der Waals surface area contributed by atoms with Crippen molar-refractivity contribution >= 4 is 27.2 Å². The molecule has 2 aliphatic rings. The molecule has 0 unspecified atom stereocenters. The van der Waals surface area contributed by atoms with E-state index in [0.29, 0.717) is 33.1 Å². The number of likely N-dealkylation sites (tertiary alicyclic amines) is 1. The Morgan fingerprint density at radius 1 is 1.03 bits per heavy atom. The molecule has 7 heteroatoms. The van der Waals surface area contributed by atoms with Gasteiger partial charge in [-0.15, -0.1) is 11.3 Å². The van der Waals surface area contributed by atoms with E-state index in [0.717, 1.165) is 41.3 Å². The van der Waals surface area contributed by atoms with E-state index in [9.17, 15) is 14.3 Å². The monoisotopic (exact) mass is 545 g/mol. The van der Waals surface area contributed by atoms with Gasteiger partial charge in [0.15, 0.2) is 5.75 Å². The number of rotatable bonds is 9. The normalized spacial score (nSPS) is 17.6. The first-order valence-electron chi connectivity index (χ1n) is 13.6. The summed E-state index contributed by atoms with van der Waals surface area (Å²) in [6.45, 7) is 6.69. The van der Waals surface area contributed by atoms with E-state index < -0.39 is 0 Å². The number of phenols is 1. The number of aryl methyl sites for hydroxylation is 2. The lowest BCUT2D eigenvalue weighted by molar-refractivity contribution is 0.103. The van der Waals surface area contributed by atoms with Crippen LogP contribution >= 0.6 is 11.3 Å². The van der Waals surface area contributed by atoms with Gasteiger partial charge in [-0.25, -0.2) is 4.39 Å². The second kappa shape index (κ2) is 10.6.